The van der Waals surface area contributed by atoms with E-state index >= 15 is 0 Å². The van der Waals surface area contributed by atoms with Crippen LogP contribution in [0.5, 0.6) is 0 Å². The number of guanidine groups is 1. The van der Waals surface area contributed by atoms with E-state index in [1.54, 1.807) is 12.5 Å². The molecule has 0 amide bonds. The Morgan fingerprint density at radius 3 is 2.78 bits per heavy atom. The van der Waals surface area contributed by atoms with Gasteiger partial charge in [0.15, 0.2) is 5.96 Å². The smallest absolute Gasteiger partial charge is 0.230 e. The van der Waals surface area contributed by atoms with Gasteiger partial charge in [0.2, 0.25) is 5.95 Å². The van der Waals surface area contributed by atoms with Crippen molar-refractivity contribution in [1.82, 2.24) is 14.9 Å². The van der Waals surface area contributed by atoms with E-state index in [4.69, 9.17) is 10.2 Å². The van der Waals surface area contributed by atoms with Gasteiger partial charge in [-0.3, -0.25) is 10.3 Å². The molecule has 7 nitrogen and oxygen atoms in total. The van der Waals surface area contributed by atoms with Gasteiger partial charge in [0.1, 0.15) is 0 Å². The van der Waals surface area contributed by atoms with Gasteiger partial charge in [-0.25, -0.2) is 9.97 Å². The molecule has 0 saturated carbocycles. The summed E-state index contributed by atoms with van der Waals surface area (Å²) in [5.74, 6) is 0.767. The van der Waals surface area contributed by atoms with Gasteiger partial charge in [-0.1, -0.05) is 0 Å². The van der Waals surface area contributed by atoms with Gasteiger partial charge in [0.05, 0.1) is 18.2 Å². The van der Waals surface area contributed by atoms with E-state index in [1.807, 2.05) is 34.0 Å². The number of nitrogens with two attached hydrogens (primary N) is 1. The number of anilines is 1. The van der Waals surface area contributed by atoms with Crippen molar-refractivity contribution >= 4 is 11.9 Å². The van der Waals surface area contributed by atoms with Crippen molar-refractivity contribution in [3.8, 4) is 11.3 Å². The molecule has 0 aliphatic heterocycles. The Morgan fingerprint density at radius 1 is 1.35 bits per heavy atom. The lowest BCUT2D eigenvalue weighted by molar-refractivity contribution is 0.403. The van der Waals surface area contributed by atoms with Crippen molar-refractivity contribution in [3.63, 3.8) is 0 Å². The fraction of sp³-hybridized carbons (Fsp3) is 0.438. The number of aromatic nitrogens is 2. The molecule has 2 aromatic heterocycles. The van der Waals surface area contributed by atoms with Crippen LogP contribution < -0.4 is 11.1 Å². The second kappa shape index (κ2) is 7.73. The zero-order valence-corrected chi connectivity index (χ0v) is 14.1. The summed E-state index contributed by atoms with van der Waals surface area (Å²) in [6, 6.07) is 1.87. The van der Waals surface area contributed by atoms with E-state index in [0.717, 1.165) is 35.5 Å². The number of aliphatic imine (C=N–C) groups is 1. The van der Waals surface area contributed by atoms with Crippen LogP contribution in [-0.4, -0.2) is 48.0 Å². The average molecular weight is 316 g/mol. The predicted octanol–water partition coefficient (Wildman–Crippen LogP) is 2.03. The highest BCUT2D eigenvalue weighted by Gasteiger charge is 2.11. The van der Waals surface area contributed by atoms with Crippen molar-refractivity contribution in [2.45, 2.75) is 20.3 Å². The Balaban J connectivity index is 2.10. The number of furan rings is 1. The van der Waals surface area contributed by atoms with Gasteiger partial charge >= 0.3 is 0 Å². The summed E-state index contributed by atoms with van der Waals surface area (Å²) in [4.78, 5) is 15.3. The van der Waals surface area contributed by atoms with E-state index in [-0.39, 0.29) is 0 Å². The minimum atomic E-state index is 0.324. The molecule has 124 valence electrons. The van der Waals surface area contributed by atoms with Crippen molar-refractivity contribution in [3.05, 3.63) is 29.9 Å². The summed E-state index contributed by atoms with van der Waals surface area (Å²) >= 11 is 0. The number of nitrogens with zero attached hydrogens (tertiary/aromatic N) is 4. The number of aryl methyl sites for hydroxylation is 1. The second-order valence-corrected chi connectivity index (χ2v) is 5.67. The quantitative estimate of drug-likeness (QED) is 0.481. The van der Waals surface area contributed by atoms with E-state index in [9.17, 15) is 0 Å². The lowest BCUT2D eigenvalue weighted by atomic mass is 10.1. The third-order valence-electron chi connectivity index (χ3n) is 3.47. The van der Waals surface area contributed by atoms with Crippen molar-refractivity contribution < 1.29 is 4.42 Å². The minimum absolute atomic E-state index is 0.324. The molecular weight excluding hydrogens is 292 g/mol. The third-order valence-corrected chi connectivity index (χ3v) is 3.47. The Kier molecular flexibility index (Phi) is 5.70. The molecule has 0 saturated heterocycles. The first kappa shape index (κ1) is 17.0. The predicted molar refractivity (Wildman–Crippen MR) is 92.5 cm³/mol. The molecule has 0 aromatic carbocycles. The fourth-order valence-corrected chi connectivity index (χ4v) is 2.11. The summed E-state index contributed by atoms with van der Waals surface area (Å²) < 4.78 is 5.14. The lowest BCUT2D eigenvalue weighted by Gasteiger charge is -2.10. The van der Waals surface area contributed by atoms with Gasteiger partial charge in [-0.15, -0.1) is 0 Å². The Hall–Kier alpha value is -2.41. The molecule has 0 spiro atoms. The van der Waals surface area contributed by atoms with Crippen LogP contribution in [0.25, 0.3) is 11.3 Å². The van der Waals surface area contributed by atoms with Crippen LogP contribution in [-0.2, 0) is 0 Å². The van der Waals surface area contributed by atoms with E-state index in [1.165, 1.54) is 0 Å². The molecule has 0 radical (unpaired) electrons. The van der Waals surface area contributed by atoms with E-state index in [2.05, 4.69) is 25.2 Å². The topological polar surface area (TPSA) is 92.6 Å². The molecule has 0 aliphatic rings. The number of rotatable bonds is 6. The summed E-state index contributed by atoms with van der Waals surface area (Å²) in [6.45, 7) is 5.56. The maximum atomic E-state index is 5.91. The van der Waals surface area contributed by atoms with Crippen LogP contribution >= 0.6 is 0 Å². The molecule has 7 heteroatoms. The molecule has 23 heavy (non-hydrogen) atoms. The molecule has 0 unspecified atom stereocenters. The van der Waals surface area contributed by atoms with Crippen molar-refractivity contribution in [1.29, 1.82) is 0 Å². The maximum Gasteiger partial charge on any atom is 0.230 e. The SMILES string of the molecule is Cc1nc(NC(N)=NCCCN(C)C)nc(-c2ccoc2)c1C. The monoisotopic (exact) mass is 316 g/mol. The number of nitrogens with one attached hydrogen (secondary N) is 1. The standard InChI is InChI=1S/C16H24N6O/c1-11-12(2)19-16(20-14(11)13-6-9-23-10-13)21-15(17)18-7-5-8-22(3)4/h6,9-10H,5,7-8H2,1-4H3,(H3,17,18,19,20,21). The van der Waals surface area contributed by atoms with Crippen LogP contribution in [0.3, 0.4) is 0 Å². The second-order valence-electron chi connectivity index (χ2n) is 5.67. The molecule has 0 atom stereocenters. The van der Waals surface area contributed by atoms with Crippen molar-refractivity contribution in [2.75, 3.05) is 32.5 Å². The molecule has 2 rings (SSSR count). The van der Waals surface area contributed by atoms with Crippen LogP contribution in [0.1, 0.15) is 17.7 Å². The Bertz CT molecular complexity index is 663. The highest BCUT2D eigenvalue weighted by molar-refractivity contribution is 5.90. The van der Waals surface area contributed by atoms with Crippen LogP contribution in [0.15, 0.2) is 28.0 Å². The minimum Gasteiger partial charge on any atom is -0.472 e. The Labute approximate surface area is 136 Å². The maximum absolute atomic E-state index is 5.91. The first-order valence-corrected chi connectivity index (χ1v) is 7.57. The largest absolute Gasteiger partial charge is 0.472 e. The van der Waals surface area contributed by atoms with Gasteiger partial charge in [0, 0.05) is 17.8 Å². The van der Waals surface area contributed by atoms with Gasteiger partial charge in [0.25, 0.3) is 0 Å². The third kappa shape index (κ3) is 4.79. The van der Waals surface area contributed by atoms with Gasteiger partial charge in [-0.05, 0) is 52.5 Å². The summed E-state index contributed by atoms with van der Waals surface area (Å²) in [6.07, 6.45) is 4.24. The lowest BCUT2D eigenvalue weighted by Crippen LogP contribution is -2.25. The molecule has 2 aromatic rings. The molecule has 3 N–H and O–H groups in total. The molecular formula is C16H24N6O. The molecule has 0 aliphatic carbocycles. The molecule has 0 fully saturated rings. The zero-order valence-electron chi connectivity index (χ0n) is 14.1. The van der Waals surface area contributed by atoms with Gasteiger partial charge < -0.3 is 15.1 Å². The van der Waals surface area contributed by atoms with Crippen LogP contribution in [0.2, 0.25) is 0 Å². The highest BCUT2D eigenvalue weighted by atomic mass is 16.3. The number of hydrogen-bond donors (Lipinski definition) is 2. The van der Waals surface area contributed by atoms with Crippen molar-refractivity contribution in [2.24, 2.45) is 10.7 Å². The summed E-state index contributed by atoms with van der Waals surface area (Å²) in [5.41, 5.74) is 9.55. The fourth-order valence-electron chi connectivity index (χ4n) is 2.11. The Morgan fingerprint density at radius 2 is 2.13 bits per heavy atom. The van der Waals surface area contributed by atoms with E-state index < -0.39 is 0 Å². The summed E-state index contributed by atoms with van der Waals surface area (Å²) in [5, 5.41) is 2.96. The molecule has 0 bridgehead atoms. The molecule has 2 heterocycles. The first-order valence-electron chi connectivity index (χ1n) is 7.57. The average Bonchev–Trinajstić information content (AvgIpc) is 3.01. The first-order chi connectivity index (χ1) is 11.0. The van der Waals surface area contributed by atoms with Gasteiger partial charge in [-0.2, -0.15) is 0 Å². The zero-order chi connectivity index (χ0) is 16.8. The normalized spacial score (nSPS) is 12.0. The summed E-state index contributed by atoms with van der Waals surface area (Å²) in [7, 11) is 4.07. The highest BCUT2D eigenvalue weighted by Crippen LogP contribution is 2.24. The van der Waals surface area contributed by atoms with Crippen LogP contribution in [0, 0.1) is 13.8 Å². The van der Waals surface area contributed by atoms with E-state index in [0.29, 0.717) is 18.5 Å². The van der Waals surface area contributed by atoms with Crippen LogP contribution in [0.4, 0.5) is 5.95 Å². The number of hydrogen-bond acceptors (Lipinski definition) is 5.